The van der Waals surface area contributed by atoms with Crippen molar-refractivity contribution in [3.8, 4) is 5.75 Å². The van der Waals surface area contributed by atoms with Crippen LogP contribution in [0.1, 0.15) is 26.2 Å². The van der Waals surface area contributed by atoms with Gasteiger partial charge in [0.25, 0.3) is 0 Å². The van der Waals surface area contributed by atoms with Gasteiger partial charge in [0.2, 0.25) is 11.8 Å². The lowest BCUT2D eigenvalue weighted by Crippen LogP contribution is -2.44. The standard InChI is InChI=1S/C19H25FN2O3/c1-2-21-12-15(10-18(21)23)19(24)22-9-3-4-14(11-22)13-25-17-7-5-16(20)6-8-17/h5-8,14-15H,2-4,9-13H2,1H3. The number of rotatable bonds is 5. The smallest absolute Gasteiger partial charge is 0.228 e. The summed E-state index contributed by atoms with van der Waals surface area (Å²) in [6.07, 6.45) is 2.29. The average molecular weight is 348 g/mol. The van der Waals surface area contributed by atoms with Gasteiger partial charge >= 0.3 is 0 Å². The van der Waals surface area contributed by atoms with Gasteiger partial charge in [-0.05, 0) is 44.0 Å². The monoisotopic (exact) mass is 348 g/mol. The van der Waals surface area contributed by atoms with Crippen molar-refractivity contribution in [1.82, 2.24) is 9.80 Å². The summed E-state index contributed by atoms with van der Waals surface area (Å²) in [5, 5.41) is 0. The Kier molecular flexibility index (Phi) is 5.56. The molecule has 2 unspecified atom stereocenters. The molecule has 1 aromatic carbocycles. The molecule has 2 aliphatic rings. The van der Waals surface area contributed by atoms with Crippen LogP contribution in [0.15, 0.2) is 24.3 Å². The number of hydrogen-bond donors (Lipinski definition) is 0. The molecule has 0 aliphatic carbocycles. The molecule has 0 bridgehead atoms. The van der Waals surface area contributed by atoms with Crippen LogP contribution in [0.5, 0.6) is 5.75 Å². The second-order valence-electron chi connectivity index (χ2n) is 6.89. The Hall–Kier alpha value is -2.11. The van der Waals surface area contributed by atoms with Gasteiger partial charge < -0.3 is 14.5 Å². The van der Waals surface area contributed by atoms with Crippen LogP contribution in [-0.2, 0) is 9.59 Å². The number of ether oxygens (including phenoxy) is 1. The van der Waals surface area contributed by atoms with Gasteiger partial charge in [-0.1, -0.05) is 0 Å². The molecular weight excluding hydrogens is 323 g/mol. The molecule has 3 rings (SSSR count). The highest BCUT2D eigenvalue weighted by Crippen LogP contribution is 2.24. The Morgan fingerprint density at radius 2 is 2.04 bits per heavy atom. The normalized spacial score (nSPS) is 23.8. The minimum absolute atomic E-state index is 0.0778. The highest BCUT2D eigenvalue weighted by molar-refractivity contribution is 5.89. The summed E-state index contributed by atoms with van der Waals surface area (Å²) in [5.74, 6) is 0.593. The largest absolute Gasteiger partial charge is 0.493 e. The lowest BCUT2D eigenvalue weighted by molar-refractivity contribution is -0.137. The molecule has 0 radical (unpaired) electrons. The molecule has 2 fully saturated rings. The summed E-state index contributed by atoms with van der Waals surface area (Å²) < 4.78 is 18.7. The fourth-order valence-corrected chi connectivity index (χ4v) is 3.65. The second-order valence-corrected chi connectivity index (χ2v) is 6.89. The van der Waals surface area contributed by atoms with E-state index >= 15 is 0 Å². The van der Waals surface area contributed by atoms with Crippen molar-refractivity contribution in [2.24, 2.45) is 11.8 Å². The summed E-state index contributed by atoms with van der Waals surface area (Å²) >= 11 is 0. The van der Waals surface area contributed by atoms with E-state index in [1.807, 2.05) is 11.8 Å². The van der Waals surface area contributed by atoms with E-state index in [0.717, 1.165) is 19.4 Å². The highest BCUT2D eigenvalue weighted by Gasteiger charge is 2.37. The van der Waals surface area contributed by atoms with Crippen molar-refractivity contribution in [2.75, 3.05) is 32.8 Å². The number of likely N-dealkylation sites (tertiary alicyclic amines) is 2. The maximum atomic E-state index is 12.9. The Balaban J connectivity index is 1.51. The number of benzene rings is 1. The number of hydrogen-bond acceptors (Lipinski definition) is 3. The van der Waals surface area contributed by atoms with Gasteiger partial charge in [-0.25, -0.2) is 4.39 Å². The summed E-state index contributed by atoms with van der Waals surface area (Å²) in [5.41, 5.74) is 0. The second kappa shape index (κ2) is 7.85. The molecule has 2 amide bonds. The number of carbonyl (C=O) groups is 2. The number of nitrogens with zero attached hydrogens (tertiary/aromatic N) is 2. The number of carbonyl (C=O) groups excluding carboxylic acids is 2. The summed E-state index contributed by atoms with van der Waals surface area (Å²) in [6.45, 7) is 5.08. The molecule has 2 atom stereocenters. The molecule has 0 N–H and O–H groups in total. The summed E-state index contributed by atoms with van der Waals surface area (Å²) in [6, 6.07) is 5.99. The highest BCUT2D eigenvalue weighted by atomic mass is 19.1. The maximum Gasteiger partial charge on any atom is 0.228 e. The van der Waals surface area contributed by atoms with Crippen molar-refractivity contribution < 1.29 is 18.7 Å². The maximum absolute atomic E-state index is 12.9. The van der Waals surface area contributed by atoms with E-state index in [0.29, 0.717) is 38.4 Å². The van der Waals surface area contributed by atoms with Crippen LogP contribution in [0, 0.1) is 17.7 Å². The van der Waals surface area contributed by atoms with E-state index in [1.54, 1.807) is 17.0 Å². The van der Waals surface area contributed by atoms with E-state index in [9.17, 15) is 14.0 Å². The zero-order chi connectivity index (χ0) is 17.8. The third kappa shape index (κ3) is 4.30. The first kappa shape index (κ1) is 17.7. The number of piperidine rings is 1. The molecule has 0 aromatic heterocycles. The first-order valence-corrected chi connectivity index (χ1v) is 9.01. The quantitative estimate of drug-likeness (QED) is 0.820. The molecule has 6 heteroatoms. The Morgan fingerprint density at radius 1 is 1.28 bits per heavy atom. The fourth-order valence-electron chi connectivity index (χ4n) is 3.65. The fraction of sp³-hybridized carbons (Fsp3) is 0.579. The molecule has 0 saturated carbocycles. The van der Waals surface area contributed by atoms with Gasteiger partial charge in [-0.15, -0.1) is 0 Å². The first-order chi connectivity index (χ1) is 12.1. The molecule has 2 aliphatic heterocycles. The molecule has 2 heterocycles. The predicted molar refractivity (Wildman–Crippen MR) is 91.6 cm³/mol. The number of amides is 2. The van der Waals surface area contributed by atoms with Crippen molar-refractivity contribution in [1.29, 1.82) is 0 Å². The topological polar surface area (TPSA) is 49.9 Å². The first-order valence-electron chi connectivity index (χ1n) is 9.01. The van der Waals surface area contributed by atoms with Gasteiger partial charge in [0, 0.05) is 38.5 Å². The molecule has 0 spiro atoms. The van der Waals surface area contributed by atoms with Crippen LogP contribution in [0.25, 0.3) is 0 Å². The minimum atomic E-state index is -0.283. The minimum Gasteiger partial charge on any atom is -0.493 e. The lowest BCUT2D eigenvalue weighted by Gasteiger charge is -2.34. The third-order valence-corrected chi connectivity index (χ3v) is 5.08. The van der Waals surface area contributed by atoms with Crippen LogP contribution in [-0.4, -0.2) is 54.4 Å². The Morgan fingerprint density at radius 3 is 2.72 bits per heavy atom. The van der Waals surface area contributed by atoms with Crippen molar-refractivity contribution in [3.05, 3.63) is 30.1 Å². The van der Waals surface area contributed by atoms with Crippen LogP contribution in [0.2, 0.25) is 0 Å². The molecule has 136 valence electrons. The van der Waals surface area contributed by atoms with Gasteiger partial charge in [0.1, 0.15) is 11.6 Å². The van der Waals surface area contributed by atoms with Crippen LogP contribution < -0.4 is 4.74 Å². The van der Waals surface area contributed by atoms with Crippen LogP contribution >= 0.6 is 0 Å². The Labute approximate surface area is 147 Å². The zero-order valence-electron chi connectivity index (χ0n) is 14.6. The van der Waals surface area contributed by atoms with Crippen molar-refractivity contribution in [2.45, 2.75) is 26.2 Å². The van der Waals surface area contributed by atoms with Gasteiger partial charge in [0.15, 0.2) is 0 Å². The average Bonchev–Trinajstić information content (AvgIpc) is 3.01. The lowest BCUT2D eigenvalue weighted by atomic mass is 9.97. The molecule has 5 nitrogen and oxygen atoms in total. The van der Waals surface area contributed by atoms with Crippen LogP contribution in [0.3, 0.4) is 0 Å². The Bertz CT molecular complexity index is 620. The van der Waals surface area contributed by atoms with E-state index in [-0.39, 0.29) is 29.5 Å². The van der Waals surface area contributed by atoms with Gasteiger partial charge in [-0.3, -0.25) is 9.59 Å². The summed E-state index contributed by atoms with van der Waals surface area (Å²) in [4.78, 5) is 28.2. The van der Waals surface area contributed by atoms with Crippen molar-refractivity contribution in [3.63, 3.8) is 0 Å². The molecular formula is C19H25FN2O3. The third-order valence-electron chi connectivity index (χ3n) is 5.08. The van der Waals surface area contributed by atoms with Gasteiger partial charge in [-0.2, -0.15) is 0 Å². The van der Waals surface area contributed by atoms with Crippen LogP contribution in [0.4, 0.5) is 4.39 Å². The van der Waals surface area contributed by atoms with E-state index < -0.39 is 0 Å². The zero-order valence-corrected chi connectivity index (χ0v) is 14.6. The molecule has 25 heavy (non-hydrogen) atoms. The number of halogens is 1. The molecule has 1 aromatic rings. The summed E-state index contributed by atoms with van der Waals surface area (Å²) in [7, 11) is 0. The van der Waals surface area contributed by atoms with Gasteiger partial charge in [0.05, 0.1) is 12.5 Å². The van der Waals surface area contributed by atoms with E-state index in [2.05, 4.69) is 0 Å². The van der Waals surface area contributed by atoms with E-state index in [1.165, 1.54) is 12.1 Å². The van der Waals surface area contributed by atoms with E-state index in [4.69, 9.17) is 4.74 Å². The van der Waals surface area contributed by atoms with Crippen molar-refractivity contribution >= 4 is 11.8 Å². The predicted octanol–water partition coefficient (Wildman–Crippen LogP) is 2.31. The molecule has 2 saturated heterocycles. The SMILES string of the molecule is CCN1CC(C(=O)N2CCCC(COc3ccc(F)cc3)C2)CC1=O.